The number of carbonyl (C=O) groups is 1. The molecule has 2 aromatic rings. The number of ether oxygens (including phenoxy) is 1. The van der Waals surface area contributed by atoms with E-state index >= 15 is 0 Å². The summed E-state index contributed by atoms with van der Waals surface area (Å²) in [5.74, 6) is -3.52. The fourth-order valence-electron chi connectivity index (χ4n) is 1.97. The standard InChI is InChI=1S/C15H14F3NO3/c1-9-13(10(2)22-19-9)21-14(20)12(15(16,17)18)8-11-6-4-3-5-7-11/h3-7,12H,8H2,1-2H3. The van der Waals surface area contributed by atoms with Crippen molar-refractivity contribution in [3.05, 3.63) is 47.3 Å². The Balaban J connectivity index is 2.21. The smallest absolute Gasteiger partial charge is 0.402 e. The van der Waals surface area contributed by atoms with Gasteiger partial charge in [-0.1, -0.05) is 35.5 Å². The van der Waals surface area contributed by atoms with Crippen molar-refractivity contribution in [1.82, 2.24) is 5.16 Å². The third-order valence-electron chi connectivity index (χ3n) is 3.13. The monoisotopic (exact) mass is 313 g/mol. The van der Waals surface area contributed by atoms with Gasteiger partial charge in [0.2, 0.25) is 0 Å². The van der Waals surface area contributed by atoms with Crippen LogP contribution in [-0.2, 0) is 11.2 Å². The maximum Gasteiger partial charge on any atom is 0.402 e. The Morgan fingerprint density at radius 3 is 2.41 bits per heavy atom. The van der Waals surface area contributed by atoms with Crippen LogP contribution in [0.5, 0.6) is 5.75 Å². The van der Waals surface area contributed by atoms with E-state index < -0.39 is 24.5 Å². The van der Waals surface area contributed by atoms with Gasteiger partial charge in [-0.25, -0.2) is 0 Å². The minimum atomic E-state index is -4.70. The normalized spacial score (nSPS) is 13.0. The van der Waals surface area contributed by atoms with Crippen LogP contribution in [0.3, 0.4) is 0 Å². The molecule has 0 radical (unpaired) electrons. The maximum atomic E-state index is 13.1. The van der Waals surface area contributed by atoms with Gasteiger partial charge in [0, 0.05) is 6.92 Å². The zero-order valence-corrected chi connectivity index (χ0v) is 12.0. The molecule has 0 bridgehead atoms. The highest BCUT2D eigenvalue weighted by atomic mass is 19.4. The number of nitrogens with zero attached hydrogens (tertiary/aromatic N) is 1. The van der Waals surface area contributed by atoms with Gasteiger partial charge in [0.15, 0.2) is 17.4 Å². The van der Waals surface area contributed by atoms with Gasteiger partial charge in [0.05, 0.1) is 0 Å². The number of carbonyl (C=O) groups excluding carboxylic acids is 1. The van der Waals surface area contributed by atoms with E-state index in [-0.39, 0.29) is 17.2 Å². The molecule has 0 aliphatic heterocycles. The number of alkyl halides is 3. The van der Waals surface area contributed by atoms with E-state index in [9.17, 15) is 18.0 Å². The van der Waals surface area contributed by atoms with Crippen molar-refractivity contribution in [2.24, 2.45) is 5.92 Å². The Morgan fingerprint density at radius 2 is 1.91 bits per heavy atom. The van der Waals surface area contributed by atoms with Gasteiger partial charge in [-0.2, -0.15) is 13.2 Å². The van der Waals surface area contributed by atoms with Crippen LogP contribution in [0, 0.1) is 19.8 Å². The number of aryl methyl sites for hydroxylation is 2. The first-order chi connectivity index (χ1) is 10.3. The topological polar surface area (TPSA) is 52.3 Å². The molecular formula is C15H14F3NO3. The van der Waals surface area contributed by atoms with Crippen LogP contribution in [-0.4, -0.2) is 17.3 Å². The zero-order valence-electron chi connectivity index (χ0n) is 12.0. The van der Waals surface area contributed by atoms with Crippen LogP contribution < -0.4 is 4.74 Å². The number of esters is 1. The second-order valence-electron chi connectivity index (χ2n) is 4.86. The molecule has 0 aliphatic rings. The third-order valence-corrected chi connectivity index (χ3v) is 3.13. The average Bonchev–Trinajstić information content (AvgIpc) is 2.76. The van der Waals surface area contributed by atoms with Crippen LogP contribution in [0.15, 0.2) is 34.9 Å². The molecule has 0 saturated carbocycles. The molecule has 0 saturated heterocycles. The van der Waals surface area contributed by atoms with E-state index in [1.165, 1.54) is 26.0 Å². The largest absolute Gasteiger partial charge is 0.420 e. The Bertz CT molecular complexity index is 630. The second-order valence-corrected chi connectivity index (χ2v) is 4.86. The molecule has 22 heavy (non-hydrogen) atoms. The summed E-state index contributed by atoms with van der Waals surface area (Å²) < 4.78 is 49.1. The Morgan fingerprint density at radius 1 is 1.27 bits per heavy atom. The molecule has 0 fully saturated rings. The Labute approximate surface area is 124 Å². The van der Waals surface area contributed by atoms with Gasteiger partial charge >= 0.3 is 12.1 Å². The highest BCUT2D eigenvalue weighted by Crippen LogP contribution is 2.32. The van der Waals surface area contributed by atoms with E-state index in [2.05, 4.69) is 5.16 Å². The number of halogens is 3. The van der Waals surface area contributed by atoms with E-state index in [0.29, 0.717) is 5.56 Å². The highest BCUT2D eigenvalue weighted by molar-refractivity contribution is 5.76. The molecule has 118 valence electrons. The molecule has 4 nitrogen and oxygen atoms in total. The average molecular weight is 313 g/mol. The van der Waals surface area contributed by atoms with Crippen LogP contribution in [0.4, 0.5) is 13.2 Å². The van der Waals surface area contributed by atoms with E-state index in [1.54, 1.807) is 18.2 Å². The van der Waals surface area contributed by atoms with Crippen LogP contribution in [0.2, 0.25) is 0 Å². The van der Waals surface area contributed by atoms with E-state index in [0.717, 1.165) is 0 Å². The molecule has 0 spiro atoms. The molecule has 0 N–H and O–H groups in total. The van der Waals surface area contributed by atoms with Crippen molar-refractivity contribution < 1.29 is 27.2 Å². The summed E-state index contributed by atoms with van der Waals surface area (Å²) in [6.45, 7) is 2.95. The molecule has 1 aromatic carbocycles. The summed E-state index contributed by atoms with van der Waals surface area (Å²) in [6.07, 6.45) is -5.18. The minimum Gasteiger partial charge on any atom is -0.420 e. The lowest BCUT2D eigenvalue weighted by molar-refractivity contribution is -0.191. The molecule has 1 unspecified atom stereocenters. The predicted octanol–water partition coefficient (Wildman–Crippen LogP) is 3.62. The van der Waals surface area contributed by atoms with Crippen LogP contribution >= 0.6 is 0 Å². The van der Waals surface area contributed by atoms with Crippen LogP contribution in [0.1, 0.15) is 17.0 Å². The molecule has 1 aromatic heterocycles. The summed E-state index contributed by atoms with van der Waals surface area (Å²) in [5, 5.41) is 3.54. The summed E-state index contributed by atoms with van der Waals surface area (Å²) >= 11 is 0. The molecule has 1 atom stereocenters. The van der Waals surface area contributed by atoms with Gasteiger partial charge in [-0.15, -0.1) is 0 Å². The van der Waals surface area contributed by atoms with Gasteiger partial charge < -0.3 is 9.26 Å². The summed E-state index contributed by atoms with van der Waals surface area (Å²) in [6, 6.07) is 7.98. The summed E-state index contributed by atoms with van der Waals surface area (Å²) in [7, 11) is 0. The van der Waals surface area contributed by atoms with Crippen molar-refractivity contribution in [1.29, 1.82) is 0 Å². The fraction of sp³-hybridized carbons (Fsp3) is 0.333. The van der Waals surface area contributed by atoms with E-state index in [4.69, 9.17) is 9.26 Å². The first kappa shape index (κ1) is 16.1. The lowest BCUT2D eigenvalue weighted by Crippen LogP contribution is -2.35. The second kappa shape index (κ2) is 6.21. The van der Waals surface area contributed by atoms with Gasteiger partial charge in [-0.05, 0) is 18.9 Å². The van der Waals surface area contributed by atoms with Gasteiger partial charge in [0.25, 0.3) is 0 Å². The lowest BCUT2D eigenvalue weighted by Gasteiger charge is -2.18. The molecule has 0 amide bonds. The number of benzene rings is 1. The van der Waals surface area contributed by atoms with E-state index in [1.807, 2.05) is 0 Å². The van der Waals surface area contributed by atoms with Crippen LogP contribution in [0.25, 0.3) is 0 Å². The number of rotatable bonds is 4. The summed E-state index contributed by atoms with van der Waals surface area (Å²) in [4.78, 5) is 12.0. The Kier molecular flexibility index (Phi) is 4.54. The van der Waals surface area contributed by atoms with Crippen molar-refractivity contribution in [3.63, 3.8) is 0 Å². The molecule has 2 rings (SSSR count). The predicted molar refractivity (Wildman–Crippen MR) is 71.3 cm³/mol. The quantitative estimate of drug-likeness (QED) is 0.809. The fourth-order valence-corrected chi connectivity index (χ4v) is 1.97. The Hall–Kier alpha value is -2.31. The number of hydrogen-bond donors (Lipinski definition) is 0. The van der Waals surface area contributed by atoms with Gasteiger partial charge in [-0.3, -0.25) is 4.79 Å². The summed E-state index contributed by atoms with van der Waals surface area (Å²) in [5.41, 5.74) is 0.632. The van der Waals surface area contributed by atoms with Crippen molar-refractivity contribution in [2.75, 3.05) is 0 Å². The van der Waals surface area contributed by atoms with Crippen molar-refractivity contribution in [2.45, 2.75) is 26.4 Å². The molecule has 1 heterocycles. The minimum absolute atomic E-state index is 0.0627. The SMILES string of the molecule is Cc1noc(C)c1OC(=O)C(Cc1ccccc1)C(F)(F)F. The number of aromatic nitrogens is 1. The molecule has 0 aliphatic carbocycles. The van der Waals surface area contributed by atoms with Crippen molar-refractivity contribution >= 4 is 5.97 Å². The maximum absolute atomic E-state index is 13.1. The molecule has 7 heteroatoms. The van der Waals surface area contributed by atoms with Crippen molar-refractivity contribution in [3.8, 4) is 5.75 Å². The number of hydrogen-bond acceptors (Lipinski definition) is 4. The first-order valence-electron chi connectivity index (χ1n) is 6.54. The lowest BCUT2D eigenvalue weighted by atomic mass is 9.99. The molecular weight excluding hydrogens is 299 g/mol. The third kappa shape index (κ3) is 3.66. The first-order valence-corrected chi connectivity index (χ1v) is 6.54. The zero-order chi connectivity index (χ0) is 16.3. The van der Waals surface area contributed by atoms with Gasteiger partial charge in [0.1, 0.15) is 5.69 Å². The highest BCUT2D eigenvalue weighted by Gasteiger charge is 2.46.